The van der Waals surface area contributed by atoms with Gasteiger partial charge >= 0.3 is 5.97 Å². The van der Waals surface area contributed by atoms with Crippen LogP contribution < -0.4 is 0 Å². The van der Waals surface area contributed by atoms with E-state index in [2.05, 4.69) is 0 Å². The van der Waals surface area contributed by atoms with Crippen LogP contribution in [0.3, 0.4) is 0 Å². The highest BCUT2D eigenvalue weighted by Gasteiger charge is 2.21. The highest BCUT2D eigenvalue weighted by atomic mass is 16.6. The second-order valence-corrected chi connectivity index (χ2v) is 4.17. The fourth-order valence-corrected chi connectivity index (χ4v) is 1.72. The van der Waals surface area contributed by atoms with Crippen LogP contribution >= 0.6 is 0 Å². The maximum Gasteiger partial charge on any atom is 0.342 e. The Bertz CT molecular complexity index is 510. The van der Waals surface area contributed by atoms with Crippen LogP contribution in [0.5, 0.6) is 0 Å². The zero-order valence-electron chi connectivity index (χ0n) is 10.6. The molecule has 0 aliphatic rings. The molecule has 0 unspecified atom stereocenters. The number of aromatic carboxylic acids is 1. The Labute approximate surface area is 110 Å². The number of nitro groups is 1. The van der Waals surface area contributed by atoms with Crippen molar-refractivity contribution in [3.05, 3.63) is 39.4 Å². The fraction of sp³-hybridized carbons (Fsp3) is 0.385. The van der Waals surface area contributed by atoms with E-state index in [-0.39, 0.29) is 11.3 Å². The number of nitro benzene ring substituents is 1. The van der Waals surface area contributed by atoms with Gasteiger partial charge in [-0.1, -0.05) is 25.8 Å². The van der Waals surface area contributed by atoms with Crippen LogP contribution in [0.2, 0.25) is 0 Å². The number of hydrogen-bond donors (Lipinski definition) is 1. The average Bonchev–Trinajstić information content (AvgIpc) is 2.38. The Hall–Kier alpha value is -2.24. The first kappa shape index (κ1) is 14.8. The number of carboxylic acids is 1. The third-order valence-electron chi connectivity index (χ3n) is 2.75. The molecular formula is C13H15NO5. The van der Waals surface area contributed by atoms with Crippen molar-refractivity contribution in [2.45, 2.75) is 32.6 Å². The molecule has 1 rings (SSSR count). The van der Waals surface area contributed by atoms with Gasteiger partial charge in [-0.3, -0.25) is 14.9 Å². The average molecular weight is 265 g/mol. The maximum atomic E-state index is 11.8. The second-order valence-electron chi connectivity index (χ2n) is 4.17. The van der Waals surface area contributed by atoms with Gasteiger partial charge in [-0.25, -0.2) is 4.79 Å². The lowest BCUT2D eigenvalue weighted by Crippen LogP contribution is -2.06. The van der Waals surface area contributed by atoms with Crippen LogP contribution in [0.15, 0.2) is 18.2 Å². The number of rotatable bonds is 7. The Morgan fingerprint density at radius 2 is 2.00 bits per heavy atom. The van der Waals surface area contributed by atoms with E-state index in [1.54, 1.807) is 0 Å². The third-order valence-corrected chi connectivity index (χ3v) is 2.75. The first-order valence-electron chi connectivity index (χ1n) is 6.02. The smallest absolute Gasteiger partial charge is 0.342 e. The van der Waals surface area contributed by atoms with E-state index in [0.29, 0.717) is 6.42 Å². The number of carboxylic acid groups (broad SMARTS) is 1. The standard InChI is InChI=1S/C13H15NO5/c1-2-3-4-5-12(15)9-6-7-10(13(16)17)11(8-9)14(18)19/h6-8H,2-5H2,1H3,(H,16,17). The molecule has 0 heterocycles. The summed E-state index contributed by atoms with van der Waals surface area (Å²) in [5, 5.41) is 19.6. The maximum absolute atomic E-state index is 11.8. The molecule has 0 aliphatic heterocycles. The molecule has 6 nitrogen and oxygen atoms in total. The number of carbonyl (C=O) groups is 2. The van der Waals surface area contributed by atoms with Crippen LogP contribution in [0, 0.1) is 10.1 Å². The molecule has 0 spiro atoms. The van der Waals surface area contributed by atoms with Gasteiger partial charge in [-0.05, 0) is 12.5 Å². The van der Waals surface area contributed by atoms with E-state index in [9.17, 15) is 19.7 Å². The number of Topliss-reactive ketones (excluding diaryl/α,β-unsaturated/α-hetero) is 1. The van der Waals surface area contributed by atoms with E-state index in [0.717, 1.165) is 31.4 Å². The highest BCUT2D eigenvalue weighted by Crippen LogP contribution is 2.21. The SMILES string of the molecule is CCCCCC(=O)c1ccc(C(=O)O)c([N+](=O)[O-])c1. The summed E-state index contributed by atoms with van der Waals surface area (Å²) in [4.78, 5) is 32.6. The van der Waals surface area contributed by atoms with Crippen LogP contribution in [0.1, 0.15) is 53.3 Å². The van der Waals surface area contributed by atoms with Crippen LogP contribution in [-0.4, -0.2) is 21.8 Å². The summed E-state index contributed by atoms with van der Waals surface area (Å²) in [6.45, 7) is 2.01. The number of benzene rings is 1. The molecule has 1 aromatic rings. The van der Waals surface area contributed by atoms with Crippen LogP contribution in [0.25, 0.3) is 0 Å². The Morgan fingerprint density at radius 3 is 2.53 bits per heavy atom. The van der Waals surface area contributed by atoms with Gasteiger partial charge in [0.2, 0.25) is 0 Å². The second kappa shape index (κ2) is 6.63. The topological polar surface area (TPSA) is 97.5 Å². The van der Waals surface area contributed by atoms with E-state index >= 15 is 0 Å². The fourth-order valence-electron chi connectivity index (χ4n) is 1.72. The number of hydrogen-bond acceptors (Lipinski definition) is 4. The van der Waals surface area contributed by atoms with Gasteiger partial charge < -0.3 is 5.11 Å². The van der Waals surface area contributed by atoms with Gasteiger partial charge in [0, 0.05) is 18.1 Å². The Morgan fingerprint density at radius 1 is 1.32 bits per heavy atom. The minimum atomic E-state index is -1.38. The molecule has 0 saturated heterocycles. The molecule has 6 heteroatoms. The van der Waals surface area contributed by atoms with Crippen molar-refractivity contribution in [2.75, 3.05) is 0 Å². The lowest BCUT2D eigenvalue weighted by Gasteiger charge is -2.03. The molecule has 0 fully saturated rings. The van der Waals surface area contributed by atoms with Gasteiger partial charge in [0.25, 0.3) is 5.69 Å². The van der Waals surface area contributed by atoms with Crippen molar-refractivity contribution >= 4 is 17.4 Å². The number of nitrogens with zero attached hydrogens (tertiary/aromatic N) is 1. The normalized spacial score (nSPS) is 10.2. The minimum absolute atomic E-state index is 0.188. The zero-order chi connectivity index (χ0) is 14.4. The molecule has 0 bridgehead atoms. The van der Waals surface area contributed by atoms with Crippen molar-refractivity contribution in [1.29, 1.82) is 0 Å². The molecule has 0 radical (unpaired) electrons. The first-order chi connectivity index (χ1) is 8.97. The lowest BCUT2D eigenvalue weighted by molar-refractivity contribution is -0.385. The summed E-state index contributed by atoms with van der Waals surface area (Å²) >= 11 is 0. The summed E-state index contributed by atoms with van der Waals surface area (Å²) < 4.78 is 0. The van der Waals surface area contributed by atoms with E-state index in [4.69, 9.17) is 5.11 Å². The molecule has 102 valence electrons. The minimum Gasteiger partial charge on any atom is -0.477 e. The predicted molar refractivity (Wildman–Crippen MR) is 68.5 cm³/mol. The summed E-state index contributed by atoms with van der Waals surface area (Å²) in [5.41, 5.74) is -0.767. The summed E-state index contributed by atoms with van der Waals surface area (Å²) in [7, 11) is 0. The molecule has 0 aromatic heterocycles. The van der Waals surface area contributed by atoms with Crippen molar-refractivity contribution in [3.63, 3.8) is 0 Å². The largest absolute Gasteiger partial charge is 0.477 e. The first-order valence-corrected chi connectivity index (χ1v) is 6.02. The molecule has 19 heavy (non-hydrogen) atoms. The third kappa shape index (κ3) is 3.87. The molecule has 0 atom stereocenters. The molecule has 0 saturated carbocycles. The van der Waals surface area contributed by atoms with Crippen LogP contribution in [-0.2, 0) is 0 Å². The lowest BCUT2D eigenvalue weighted by atomic mass is 10.0. The number of unbranched alkanes of at least 4 members (excludes halogenated alkanes) is 2. The molecule has 1 N–H and O–H groups in total. The van der Waals surface area contributed by atoms with Gasteiger partial charge in [0.05, 0.1) is 4.92 Å². The van der Waals surface area contributed by atoms with Gasteiger partial charge in [0.15, 0.2) is 5.78 Å². The van der Waals surface area contributed by atoms with Crippen molar-refractivity contribution in [2.24, 2.45) is 0 Å². The monoisotopic (exact) mass is 265 g/mol. The quantitative estimate of drug-likeness (QED) is 0.353. The molecule has 0 amide bonds. The van der Waals surface area contributed by atoms with Gasteiger partial charge in [-0.15, -0.1) is 0 Å². The molecular weight excluding hydrogens is 250 g/mol. The van der Waals surface area contributed by atoms with E-state index < -0.39 is 22.1 Å². The summed E-state index contributed by atoms with van der Waals surface area (Å²) in [5.74, 6) is -1.58. The molecule has 0 aliphatic carbocycles. The van der Waals surface area contributed by atoms with Crippen LogP contribution in [0.4, 0.5) is 5.69 Å². The van der Waals surface area contributed by atoms with E-state index in [1.165, 1.54) is 6.07 Å². The summed E-state index contributed by atoms with van der Waals surface area (Å²) in [6, 6.07) is 3.47. The highest BCUT2D eigenvalue weighted by molar-refractivity contribution is 5.99. The number of carbonyl (C=O) groups excluding carboxylic acids is 1. The zero-order valence-corrected chi connectivity index (χ0v) is 10.6. The Kier molecular flexibility index (Phi) is 5.17. The van der Waals surface area contributed by atoms with E-state index in [1.807, 2.05) is 6.92 Å². The molecule has 1 aromatic carbocycles. The Balaban J connectivity index is 2.98. The van der Waals surface area contributed by atoms with Gasteiger partial charge in [-0.2, -0.15) is 0 Å². The van der Waals surface area contributed by atoms with Crippen molar-refractivity contribution in [1.82, 2.24) is 0 Å². The van der Waals surface area contributed by atoms with Crippen molar-refractivity contribution < 1.29 is 19.6 Å². The summed E-state index contributed by atoms with van der Waals surface area (Å²) in [6.07, 6.45) is 2.94. The number of ketones is 1. The van der Waals surface area contributed by atoms with Gasteiger partial charge in [0.1, 0.15) is 5.56 Å². The van der Waals surface area contributed by atoms with Crippen molar-refractivity contribution in [3.8, 4) is 0 Å². The predicted octanol–water partition coefficient (Wildman–Crippen LogP) is 3.06.